The molecule has 1 aromatic rings. The van der Waals surface area contributed by atoms with Crippen LogP contribution < -0.4 is 0 Å². The van der Waals surface area contributed by atoms with Gasteiger partial charge in [-0.25, -0.2) is 0 Å². The fourth-order valence-corrected chi connectivity index (χ4v) is 1.97. The molecule has 0 aliphatic carbocycles. The Morgan fingerprint density at radius 3 is 2.53 bits per heavy atom. The summed E-state index contributed by atoms with van der Waals surface area (Å²) in [7, 11) is 2.12. The lowest BCUT2D eigenvalue weighted by molar-refractivity contribution is 0.137. The summed E-state index contributed by atoms with van der Waals surface area (Å²) < 4.78 is 0. The maximum Gasteiger partial charge on any atom is 0.0804 e. The molecule has 2 unspecified atom stereocenters. The Hall–Kier alpha value is -0.860. The van der Waals surface area contributed by atoms with Crippen LogP contribution in [-0.4, -0.2) is 29.6 Å². The molecule has 1 rings (SSSR count). The smallest absolute Gasteiger partial charge is 0.0804 e. The number of aliphatic hydroxyl groups excluding tert-OH is 1. The zero-order valence-electron chi connectivity index (χ0n) is 11.5. The number of rotatable bonds is 6. The maximum absolute atomic E-state index is 10.2. The van der Waals surface area contributed by atoms with Crippen molar-refractivity contribution in [1.29, 1.82) is 0 Å². The molecule has 0 aromatic heterocycles. The van der Waals surface area contributed by atoms with Crippen molar-refractivity contribution in [1.82, 2.24) is 4.90 Å². The summed E-state index contributed by atoms with van der Waals surface area (Å²) in [5.41, 5.74) is 2.23. The lowest BCUT2D eigenvalue weighted by Gasteiger charge is -2.25. The second-order valence-electron chi connectivity index (χ2n) is 4.90. The number of nitrogens with zero attached hydrogens (tertiary/aromatic N) is 1. The van der Waals surface area contributed by atoms with Crippen molar-refractivity contribution in [2.24, 2.45) is 0 Å². The van der Waals surface area contributed by atoms with Crippen molar-refractivity contribution in [2.45, 2.75) is 45.8 Å². The van der Waals surface area contributed by atoms with Crippen molar-refractivity contribution < 1.29 is 5.11 Å². The highest BCUT2D eigenvalue weighted by molar-refractivity contribution is 5.27. The molecule has 2 atom stereocenters. The van der Waals surface area contributed by atoms with Gasteiger partial charge in [0.25, 0.3) is 0 Å². The molecule has 96 valence electrons. The summed E-state index contributed by atoms with van der Waals surface area (Å²) in [4.78, 5) is 2.31. The second-order valence-corrected chi connectivity index (χ2v) is 4.90. The average Bonchev–Trinajstić information content (AvgIpc) is 2.35. The first-order valence-corrected chi connectivity index (χ1v) is 6.50. The maximum atomic E-state index is 10.2. The zero-order valence-corrected chi connectivity index (χ0v) is 11.5. The van der Waals surface area contributed by atoms with E-state index in [1.54, 1.807) is 0 Å². The molecule has 17 heavy (non-hydrogen) atoms. The van der Waals surface area contributed by atoms with Crippen LogP contribution in [0.5, 0.6) is 0 Å². The third kappa shape index (κ3) is 4.14. The van der Waals surface area contributed by atoms with Gasteiger partial charge in [-0.1, -0.05) is 31.2 Å². The Bertz CT molecular complexity index is 337. The molecule has 0 saturated carbocycles. The van der Waals surface area contributed by atoms with E-state index in [4.69, 9.17) is 0 Å². The van der Waals surface area contributed by atoms with E-state index in [0.717, 1.165) is 24.9 Å². The van der Waals surface area contributed by atoms with Crippen LogP contribution in [0.25, 0.3) is 0 Å². The van der Waals surface area contributed by atoms with E-state index in [2.05, 4.69) is 38.8 Å². The van der Waals surface area contributed by atoms with Crippen LogP contribution in [0.4, 0.5) is 0 Å². The molecular formula is C15H25NO. The molecule has 0 amide bonds. The van der Waals surface area contributed by atoms with Crippen LogP contribution in [-0.2, 0) is 0 Å². The minimum Gasteiger partial charge on any atom is -0.388 e. The lowest BCUT2D eigenvalue weighted by Crippen LogP contribution is -2.30. The molecule has 0 aliphatic heterocycles. The van der Waals surface area contributed by atoms with Gasteiger partial charge in [-0.3, -0.25) is 0 Å². The van der Waals surface area contributed by atoms with Gasteiger partial charge in [0, 0.05) is 12.6 Å². The third-order valence-corrected chi connectivity index (χ3v) is 3.65. The molecule has 2 nitrogen and oxygen atoms in total. The molecular weight excluding hydrogens is 210 g/mol. The Morgan fingerprint density at radius 1 is 1.29 bits per heavy atom. The predicted octanol–water partition coefficient (Wildman–Crippen LogP) is 3.15. The van der Waals surface area contributed by atoms with Crippen LogP contribution >= 0.6 is 0 Å². The third-order valence-electron chi connectivity index (χ3n) is 3.65. The summed E-state index contributed by atoms with van der Waals surface area (Å²) in [5, 5.41) is 10.2. The van der Waals surface area contributed by atoms with E-state index in [1.807, 2.05) is 18.2 Å². The molecule has 0 saturated heterocycles. The summed E-state index contributed by atoms with van der Waals surface area (Å²) in [6.45, 7) is 7.40. The van der Waals surface area contributed by atoms with Crippen LogP contribution in [0.3, 0.4) is 0 Å². The lowest BCUT2D eigenvalue weighted by atomic mass is 10.0. The van der Waals surface area contributed by atoms with Crippen LogP contribution in [0.15, 0.2) is 24.3 Å². The van der Waals surface area contributed by atoms with Crippen molar-refractivity contribution in [3.05, 3.63) is 35.4 Å². The first-order valence-electron chi connectivity index (χ1n) is 6.50. The van der Waals surface area contributed by atoms with Gasteiger partial charge >= 0.3 is 0 Å². The molecule has 0 radical (unpaired) electrons. The monoisotopic (exact) mass is 235 g/mol. The number of benzene rings is 1. The second kappa shape index (κ2) is 6.77. The van der Waals surface area contributed by atoms with Gasteiger partial charge in [-0.15, -0.1) is 0 Å². The van der Waals surface area contributed by atoms with Gasteiger partial charge in [-0.05, 0) is 44.9 Å². The van der Waals surface area contributed by atoms with Crippen molar-refractivity contribution in [2.75, 3.05) is 13.6 Å². The Balaban J connectivity index is 2.50. The van der Waals surface area contributed by atoms with E-state index in [1.165, 1.54) is 5.56 Å². The summed E-state index contributed by atoms with van der Waals surface area (Å²) >= 11 is 0. The van der Waals surface area contributed by atoms with Gasteiger partial charge in [0.2, 0.25) is 0 Å². The minimum absolute atomic E-state index is 0.345. The minimum atomic E-state index is -0.345. The Kier molecular flexibility index (Phi) is 5.66. The fourth-order valence-electron chi connectivity index (χ4n) is 1.97. The van der Waals surface area contributed by atoms with Gasteiger partial charge in [0.1, 0.15) is 0 Å². The highest BCUT2D eigenvalue weighted by Gasteiger charge is 2.12. The molecule has 2 heteroatoms. The van der Waals surface area contributed by atoms with E-state index in [-0.39, 0.29) is 6.10 Å². The predicted molar refractivity (Wildman–Crippen MR) is 73.1 cm³/mol. The number of hydrogen-bond acceptors (Lipinski definition) is 2. The quantitative estimate of drug-likeness (QED) is 0.818. The molecule has 0 bridgehead atoms. The van der Waals surface area contributed by atoms with E-state index >= 15 is 0 Å². The van der Waals surface area contributed by atoms with Gasteiger partial charge in [-0.2, -0.15) is 0 Å². The highest BCUT2D eigenvalue weighted by Crippen LogP contribution is 2.20. The molecule has 0 heterocycles. The van der Waals surface area contributed by atoms with Crippen molar-refractivity contribution in [3.8, 4) is 0 Å². The Morgan fingerprint density at radius 2 is 1.94 bits per heavy atom. The van der Waals surface area contributed by atoms with E-state index in [0.29, 0.717) is 6.04 Å². The van der Waals surface area contributed by atoms with Gasteiger partial charge in [0.15, 0.2) is 0 Å². The molecule has 1 N–H and O–H groups in total. The first-order chi connectivity index (χ1) is 8.06. The van der Waals surface area contributed by atoms with Crippen molar-refractivity contribution in [3.63, 3.8) is 0 Å². The fraction of sp³-hybridized carbons (Fsp3) is 0.600. The van der Waals surface area contributed by atoms with Gasteiger partial charge < -0.3 is 10.0 Å². The van der Waals surface area contributed by atoms with Gasteiger partial charge in [0.05, 0.1) is 6.10 Å². The molecule has 0 spiro atoms. The standard InChI is InChI=1S/C15H25NO/c1-5-13(3)16(4)11-10-15(17)14-9-7-6-8-12(14)2/h6-9,13,15,17H,5,10-11H2,1-4H3. The Labute approximate surface area is 105 Å². The van der Waals surface area contributed by atoms with Crippen LogP contribution in [0.1, 0.15) is 43.9 Å². The topological polar surface area (TPSA) is 23.5 Å². The first kappa shape index (κ1) is 14.2. The van der Waals surface area contributed by atoms with E-state index < -0.39 is 0 Å². The van der Waals surface area contributed by atoms with Crippen LogP contribution in [0.2, 0.25) is 0 Å². The number of aliphatic hydroxyl groups is 1. The van der Waals surface area contributed by atoms with Crippen molar-refractivity contribution >= 4 is 0 Å². The number of hydrogen-bond donors (Lipinski definition) is 1. The normalized spacial score (nSPS) is 14.9. The number of aryl methyl sites for hydroxylation is 1. The summed E-state index contributed by atoms with van der Waals surface area (Å²) in [6.07, 6.45) is 1.60. The largest absolute Gasteiger partial charge is 0.388 e. The molecule has 1 aromatic carbocycles. The van der Waals surface area contributed by atoms with E-state index in [9.17, 15) is 5.11 Å². The highest BCUT2D eigenvalue weighted by atomic mass is 16.3. The summed E-state index contributed by atoms with van der Waals surface area (Å²) in [6, 6.07) is 8.65. The SMILES string of the molecule is CCC(C)N(C)CCC(O)c1ccccc1C. The molecule has 0 fully saturated rings. The molecule has 0 aliphatic rings. The van der Waals surface area contributed by atoms with Crippen LogP contribution in [0, 0.1) is 6.92 Å². The average molecular weight is 235 g/mol. The summed E-state index contributed by atoms with van der Waals surface area (Å²) in [5.74, 6) is 0. The zero-order chi connectivity index (χ0) is 12.8.